The first-order chi connectivity index (χ1) is 11.6. The second-order valence-corrected chi connectivity index (χ2v) is 7.06. The SMILES string of the molecule is CC(=O)[C@H](C)NC(=O)[C@@H](CCc1ccccc1)NC(=O)OC(C)(C)C. The number of aryl methyl sites for hydroxylation is 1. The molecule has 0 aliphatic rings. The van der Waals surface area contributed by atoms with Gasteiger partial charge >= 0.3 is 6.09 Å². The standard InChI is InChI=1S/C19H28N2O4/c1-13(14(2)22)20-17(23)16(21-18(24)25-19(3,4)5)12-11-15-9-7-6-8-10-15/h6-10,13,16H,11-12H2,1-5H3,(H,20,23)(H,21,24)/t13-,16+/m0/s1. The molecule has 1 rings (SSSR count). The maximum absolute atomic E-state index is 12.4. The molecule has 0 heterocycles. The number of hydrogen-bond acceptors (Lipinski definition) is 4. The van der Waals surface area contributed by atoms with Gasteiger partial charge in [0.2, 0.25) is 5.91 Å². The Hall–Kier alpha value is -2.37. The van der Waals surface area contributed by atoms with Crippen LogP contribution in [-0.2, 0) is 20.7 Å². The smallest absolute Gasteiger partial charge is 0.408 e. The van der Waals surface area contributed by atoms with Crippen molar-refractivity contribution in [2.75, 3.05) is 0 Å². The Bertz CT molecular complexity index is 593. The fourth-order valence-corrected chi connectivity index (χ4v) is 2.09. The van der Waals surface area contributed by atoms with E-state index in [9.17, 15) is 14.4 Å². The lowest BCUT2D eigenvalue weighted by molar-refractivity contribution is -0.128. The summed E-state index contributed by atoms with van der Waals surface area (Å²) in [5.41, 5.74) is 0.405. The number of rotatable bonds is 7. The minimum absolute atomic E-state index is 0.146. The molecule has 0 saturated carbocycles. The Kier molecular flexibility index (Phi) is 7.61. The number of nitrogens with one attached hydrogen (secondary N) is 2. The van der Waals surface area contributed by atoms with Crippen molar-refractivity contribution in [1.82, 2.24) is 10.6 Å². The van der Waals surface area contributed by atoms with E-state index in [-0.39, 0.29) is 5.78 Å². The highest BCUT2D eigenvalue weighted by atomic mass is 16.6. The number of ether oxygens (including phenoxy) is 1. The predicted molar refractivity (Wildman–Crippen MR) is 96.2 cm³/mol. The molecule has 0 aromatic heterocycles. The summed E-state index contributed by atoms with van der Waals surface area (Å²) in [6.07, 6.45) is 0.360. The van der Waals surface area contributed by atoms with Gasteiger partial charge in [-0.1, -0.05) is 30.3 Å². The monoisotopic (exact) mass is 348 g/mol. The van der Waals surface area contributed by atoms with Gasteiger partial charge in [-0.15, -0.1) is 0 Å². The first-order valence-electron chi connectivity index (χ1n) is 8.43. The van der Waals surface area contributed by atoms with Crippen molar-refractivity contribution in [3.63, 3.8) is 0 Å². The van der Waals surface area contributed by atoms with Crippen LogP contribution in [0.4, 0.5) is 4.79 Å². The van der Waals surface area contributed by atoms with Gasteiger partial charge in [-0.3, -0.25) is 9.59 Å². The lowest BCUT2D eigenvalue weighted by atomic mass is 10.0. The van der Waals surface area contributed by atoms with Gasteiger partial charge in [-0.2, -0.15) is 0 Å². The van der Waals surface area contributed by atoms with Crippen molar-refractivity contribution in [1.29, 1.82) is 0 Å². The van der Waals surface area contributed by atoms with E-state index >= 15 is 0 Å². The molecule has 1 aromatic carbocycles. The molecular formula is C19H28N2O4. The largest absolute Gasteiger partial charge is 0.444 e. The van der Waals surface area contributed by atoms with Crippen LogP contribution < -0.4 is 10.6 Å². The van der Waals surface area contributed by atoms with Crippen molar-refractivity contribution in [3.8, 4) is 0 Å². The lowest BCUT2D eigenvalue weighted by Crippen LogP contribution is -2.51. The average Bonchev–Trinajstić information content (AvgIpc) is 2.50. The molecule has 0 fully saturated rings. The Morgan fingerprint density at radius 1 is 1.08 bits per heavy atom. The van der Waals surface area contributed by atoms with Gasteiger partial charge < -0.3 is 15.4 Å². The molecule has 0 unspecified atom stereocenters. The van der Waals surface area contributed by atoms with Crippen molar-refractivity contribution in [2.45, 2.75) is 65.1 Å². The van der Waals surface area contributed by atoms with Crippen LogP contribution >= 0.6 is 0 Å². The Morgan fingerprint density at radius 3 is 2.20 bits per heavy atom. The van der Waals surface area contributed by atoms with Gasteiger partial charge in [0.05, 0.1) is 6.04 Å². The van der Waals surface area contributed by atoms with E-state index in [1.165, 1.54) is 6.92 Å². The summed E-state index contributed by atoms with van der Waals surface area (Å²) in [5, 5.41) is 5.23. The number of benzene rings is 1. The molecule has 6 nitrogen and oxygen atoms in total. The molecule has 0 aliphatic heterocycles. The molecule has 25 heavy (non-hydrogen) atoms. The van der Waals surface area contributed by atoms with E-state index in [2.05, 4.69) is 10.6 Å². The summed E-state index contributed by atoms with van der Waals surface area (Å²) < 4.78 is 5.23. The third kappa shape index (κ3) is 8.33. The van der Waals surface area contributed by atoms with Gasteiger partial charge in [0, 0.05) is 0 Å². The molecule has 2 amide bonds. The number of Topliss-reactive ketones (excluding diaryl/α,β-unsaturated/α-hetero) is 1. The highest BCUT2D eigenvalue weighted by Crippen LogP contribution is 2.09. The zero-order valence-electron chi connectivity index (χ0n) is 15.6. The molecule has 0 aliphatic carbocycles. The van der Waals surface area contributed by atoms with Crippen molar-refractivity contribution in [3.05, 3.63) is 35.9 Å². The molecule has 0 radical (unpaired) electrons. The Labute approximate surface area is 149 Å². The van der Waals surface area contributed by atoms with Crippen LogP contribution in [0.3, 0.4) is 0 Å². The van der Waals surface area contributed by atoms with Crippen LogP contribution in [0, 0.1) is 0 Å². The zero-order chi connectivity index (χ0) is 19.0. The molecule has 0 spiro atoms. The fraction of sp³-hybridized carbons (Fsp3) is 0.526. The molecule has 2 atom stereocenters. The highest BCUT2D eigenvalue weighted by molar-refractivity contribution is 5.91. The van der Waals surface area contributed by atoms with E-state index in [0.717, 1.165) is 5.56 Å². The predicted octanol–water partition coefficient (Wildman–Crippen LogP) is 2.61. The Morgan fingerprint density at radius 2 is 1.68 bits per heavy atom. The van der Waals surface area contributed by atoms with Crippen molar-refractivity contribution >= 4 is 17.8 Å². The highest BCUT2D eigenvalue weighted by Gasteiger charge is 2.25. The summed E-state index contributed by atoms with van der Waals surface area (Å²) in [5.74, 6) is -0.545. The molecular weight excluding hydrogens is 320 g/mol. The van der Waals surface area contributed by atoms with Gasteiger partial charge in [0.25, 0.3) is 0 Å². The summed E-state index contributed by atoms with van der Waals surface area (Å²) in [4.78, 5) is 35.8. The van der Waals surface area contributed by atoms with Gasteiger partial charge in [-0.05, 0) is 53.0 Å². The van der Waals surface area contributed by atoms with Crippen LogP contribution in [0.2, 0.25) is 0 Å². The van der Waals surface area contributed by atoms with Crippen LogP contribution in [0.25, 0.3) is 0 Å². The molecule has 0 bridgehead atoms. The van der Waals surface area contributed by atoms with E-state index in [1.807, 2.05) is 30.3 Å². The van der Waals surface area contributed by atoms with Crippen molar-refractivity contribution in [2.24, 2.45) is 0 Å². The number of carbonyl (C=O) groups is 3. The summed E-state index contributed by atoms with van der Waals surface area (Å²) in [6.45, 7) is 8.28. The molecule has 6 heteroatoms. The average molecular weight is 348 g/mol. The maximum Gasteiger partial charge on any atom is 0.408 e. The third-order valence-corrected chi connectivity index (χ3v) is 3.54. The third-order valence-electron chi connectivity index (χ3n) is 3.54. The van der Waals surface area contributed by atoms with Crippen LogP contribution in [0.1, 0.15) is 46.6 Å². The number of alkyl carbamates (subject to hydrolysis) is 1. The first-order valence-corrected chi connectivity index (χ1v) is 8.43. The van der Waals surface area contributed by atoms with E-state index in [1.54, 1.807) is 27.7 Å². The van der Waals surface area contributed by atoms with Crippen LogP contribution in [0.5, 0.6) is 0 Å². The lowest BCUT2D eigenvalue weighted by Gasteiger charge is -2.24. The molecule has 138 valence electrons. The quantitative estimate of drug-likeness (QED) is 0.793. The minimum Gasteiger partial charge on any atom is -0.444 e. The van der Waals surface area contributed by atoms with E-state index in [0.29, 0.717) is 12.8 Å². The molecule has 2 N–H and O–H groups in total. The number of carbonyl (C=O) groups excluding carboxylic acids is 3. The summed E-state index contributed by atoms with van der Waals surface area (Å²) in [7, 11) is 0. The van der Waals surface area contributed by atoms with Crippen LogP contribution in [-0.4, -0.2) is 35.5 Å². The topological polar surface area (TPSA) is 84.5 Å². The number of hydrogen-bond donors (Lipinski definition) is 2. The number of ketones is 1. The second kappa shape index (κ2) is 9.20. The molecule has 1 aromatic rings. The van der Waals surface area contributed by atoms with Crippen LogP contribution in [0.15, 0.2) is 30.3 Å². The van der Waals surface area contributed by atoms with Gasteiger partial charge in [0.15, 0.2) is 5.78 Å². The molecule has 0 saturated heterocycles. The van der Waals surface area contributed by atoms with Gasteiger partial charge in [0.1, 0.15) is 11.6 Å². The summed E-state index contributed by atoms with van der Waals surface area (Å²) >= 11 is 0. The Balaban J connectivity index is 2.76. The van der Waals surface area contributed by atoms with E-state index < -0.39 is 29.7 Å². The van der Waals surface area contributed by atoms with E-state index in [4.69, 9.17) is 4.74 Å². The van der Waals surface area contributed by atoms with Gasteiger partial charge in [-0.25, -0.2) is 4.79 Å². The fourth-order valence-electron chi connectivity index (χ4n) is 2.09. The number of amides is 2. The minimum atomic E-state index is -0.781. The van der Waals surface area contributed by atoms with Crippen molar-refractivity contribution < 1.29 is 19.1 Å². The summed E-state index contributed by atoms with van der Waals surface area (Å²) in [6, 6.07) is 8.29. The zero-order valence-corrected chi connectivity index (χ0v) is 15.6. The normalized spacial score (nSPS) is 13.5. The second-order valence-electron chi connectivity index (χ2n) is 7.06. The maximum atomic E-state index is 12.4. The first kappa shape index (κ1) is 20.7.